The summed E-state index contributed by atoms with van der Waals surface area (Å²) in [4.78, 5) is 35.6. The van der Waals surface area contributed by atoms with E-state index in [4.69, 9.17) is 0 Å². The van der Waals surface area contributed by atoms with Crippen LogP contribution in [0.4, 0.5) is 11.4 Å². The average Bonchev–Trinajstić information content (AvgIpc) is 3.40. The maximum absolute atomic E-state index is 13.3. The Kier molecular flexibility index (Phi) is 10.5. The number of rotatable bonds is 0. The van der Waals surface area contributed by atoms with E-state index in [-0.39, 0.29) is 17.9 Å². The van der Waals surface area contributed by atoms with Gasteiger partial charge in [-0.2, -0.15) is 0 Å². The van der Waals surface area contributed by atoms with E-state index in [0.717, 1.165) is 28.3 Å². The largest absolute Gasteiger partial charge is 0.355 e. The third-order valence-corrected chi connectivity index (χ3v) is 5.54. The topological polar surface area (TPSA) is 90.1 Å². The van der Waals surface area contributed by atoms with Crippen molar-refractivity contribution in [1.29, 1.82) is 0 Å². The molecule has 188 valence electrons. The summed E-state index contributed by atoms with van der Waals surface area (Å²) < 4.78 is 0. The number of fused-ring (bicyclic) bond motifs is 8. The van der Waals surface area contributed by atoms with Crippen molar-refractivity contribution >= 4 is 23.2 Å². The molecule has 7 heteroatoms. The van der Waals surface area contributed by atoms with Gasteiger partial charge in [-0.25, -0.2) is 4.98 Å². The number of aromatic amines is 1. The first kappa shape index (κ1) is 27.6. The van der Waals surface area contributed by atoms with Crippen LogP contribution in [0.5, 0.6) is 0 Å². The van der Waals surface area contributed by atoms with Gasteiger partial charge in [0.2, 0.25) is 5.91 Å². The van der Waals surface area contributed by atoms with Crippen molar-refractivity contribution in [2.24, 2.45) is 0 Å². The van der Waals surface area contributed by atoms with E-state index < -0.39 is 6.04 Å². The van der Waals surface area contributed by atoms with Gasteiger partial charge >= 0.3 is 0 Å². The van der Waals surface area contributed by atoms with Gasteiger partial charge in [-0.15, -0.1) is 0 Å². The number of amides is 2. The predicted octanol–water partition coefficient (Wildman–Crippen LogP) is 5.84. The Morgan fingerprint density at radius 1 is 0.914 bits per heavy atom. The molecule has 2 aromatic carbocycles. The molecule has 2 unspecified atom stereocenters. The zero-order valence-electron chi connectivity index (χ0n) is 22.0. The number of anilines is 2. The lowest BCUT2D eigenvalue weighted by Gasteiger charge is -2.37. The van der Waals surface area contributed by atoms with Gasteiger partial charge in [0.25, 0.3) is 5.91 Å². The summed E-state index contributed by atoms with van der Waals surface area (Å²) in [5.41, 5.74) is 5.09. The second kappa shape index (κ2) is 13.3. The highest BCUT2D eigenvalue weighted by molar-refractivity contribution is 5.98. The number of hydrogen-bond donors (Lipinski definition) is 3. The molecule has 7 nitrogen and oxygen atoms in total. The van der Waals surface area contributed by atoms with Gasteiger partial charge in [-0.3, -0.25) is 9.59 Å². The van der Waals surface area contributed by atoms with Crippen LogP contribution in [0.2, 0.25) is 0 Å². The molecule has 4 bridgehead atoms. The van der Waals surface area contributed by atoms with Crippen molar-refractivity contribution in [3.8, 4) is 0 Å². The smallest absolute Gasteiger partial charge is 0.251 e. The Hall–Kier alpha value is -3.61. The van der Waals surface area contributed by atoms with Gasteiger partial charge in [-0.1, -0.05) is 59.7 Å². The molecule has 3 N–H and O–H groups in total. The fourth-order valence-electron chi connectivity index (χ4n) is 4.13. The van der Waals surface area contributed by atoms with Crippen LogP contribution in [0.1, 0.15) is 81.8 Å². The van der Waals surface area contributed by atoms with Gasteiger partial charge in [0.15, 0.2) is 0 Å². The van der Waals surface area contributed by atoms with Gasteiger partial charge < -0.3 is 20.5 Å². The first-order chi connectivity index (χ1) is 17.1. The Labute approximate surface area is 209 Å². The number of benzene rings is 2. The molecule has 35 heavy (non-hydrogen) atoms. The fourth-order valence-corrected chi connectivity index (χ4v) is 4.13. The van der Waals surface area contributed by atoms with E-state index >= 15 is 0 Å². The number of carbonyl (C=O) groups is 2. The van der Waals surface area contributed by atoms with Crippen LogP contribution in [0.25, 0.3) is 0 Å². The lowest BCUT2D eigenvalue weighted by Crippen LogP contribution is -2.50. The Bertz CT molecular complexity index is 1110. The highest BCUT2D eigenvalue weighted by Gasteiger charge is 2.36. The van der Waals surface area contributed by atoms with Crippen molar-refractivity contribution in [2.75, 3.05) is 11.9 Å². The minimum absolute atomic E-state index is 0.120. The first-order valence-electron chi connectivity index (χ1n) is 12.7. The van der Waals surface area contributed by atoms with Crippen molar-refractivity contribution in [1.82, 2.24) is 20.2 Å². The molecule has 2 aliphatic rings. The van der Waals surface area contributed by atoms with E-state index in [1.54, 1.807) is 25.4 Å². The minimum Gasteiger partial charge on any atom is -0.355 e. The third kappa shape index (κ3) is 6.10. The maximum atomic E-state index is 13.3. The van der Waals surface area contributed by atoms with E-state index in [1.165, 1.54) is 0 Å². The van der Waals surface area contributed by atoms with Gasteiger partial charge in [0, 0.05) is 35.6 Å². The molecule has 0 fully saturated rings. The van der Waals surface area contributed by atoms with Gasteiger partial charge in [0.05, 0.1) is 12.0 Å². The van der Waals surface area contributed by atoms with E-state index in [1.807, 2.05) is 82.8 Å². The molecule has 0 spiro atoms. The average molecular weight is 478 g/mol. The van der Waals surface area contributed by atoms with Crippen LogP contribution in [0.3, 0.4) is 0 Å². The van der Waals surface area contributed by atoms with Gasteiger partial charge in [0.1, 0.15) is 12.1 Å². The summed E-state index contributed by atoms with van der Waals surface area (Å²) in [6, 6.07) is 14.3. The van der Waals surface area contributed by atoms with Crippen LogP contribution in [0.15, 0.2) is 54.9 Å². The predicted molar refractivity (Wildman–Crippen MR) is 143 cm³/mol. The molecule has 3 heterocycles. The normalized spacial score (nSPS) is 17.9. The number of nitrogens with zero attached hydrogens (tertiary/aromatic N) is 2. The summed E-state index contributed by atoms with van der Waals surface area (Å²) in [7, 11) is 0. The summed E-state index contributed by atoms with van der Waals surface area (Å²) in [5.74, 6) is -0.389. The van der Waals surface area contributed by atoms with E-state index in [0.29, 0.717) is 18.5 Å². The number of imidazole rings is 1. The molecular weight excluding hydrogens is 438 g/mol. The molecule has 5 rings (SSSR count). The van der Waals surface area contributed by atoms with Gasteiger partial charge in [-0.05, 0) is 42.8 Å². The van der Waals surface area contributed by atoms with Crippen LogP contribution in [-0.2, 0) is 11.2 Å². The van der Waals surface area contributed by atoms with E-state index in [2.05, 4.69) is 20.6 Å². The highest BCUT2D eigenvalue weighted by Crippen LogP contribution is 2.35. The number of hydrogen-bond acceptors (Lipinski definition) is 4. The van der Waals surface area contributed by atoms with Crippen molar-refractivity contribution < 1.29 is 9.59 Å². The third-order valence-electron chi connectivity index (χ3n) is 5.54. The van der Waals surface area contributed by atoms with Crippen LogP contribution in [-0.4, -0.2) is 39.3 Å². The zero-order valence-corrected chi connectivity index (χ0v) is 22.0. The molecule has 3 aromatic rings. The molecule has 0 aliphatic carbocycles. The lowest BCUT2D eigenvalue weighted by molar-refractivity contribution is -0.135. The second-order valence-electron chi connectivity index (χ2n) is 7.48. The van der Waals surface area contributed by atoms with Crippen LogP contribution in [0, 0.1) is 0 Å². The van der Waals surface area contributed by atoms with Crippen molar-refractivity contribution in [3.63, 3.8) is 0 Å². The molecule has 2 amide bonds. The van der Waals surface area contributed by atoms with E-state index in [9.17, 15) is 9.59 Å². The number of H-pyrrole nitrogens is 1. The molecule has 2 atom stereocenters. The quantitative estimate of drug-likeness (QED) is 0.379. The van der Waals surface area contributed by atoms with Crippen molar-refractivity contribution in [2.45, 2.75) is 67.0 Å². The molecule has 1 aromatic heterocycles. The molecule has 0 radical (unpaired) electrons. The molecule has 0 saturated heterocycles. The van der Waals surface area contributed by atoms with Crippen LogP contribution < -0.4 is 10.6 Å². The highest BCUT2D eigenvalue weighted by atomic mass is 16.2. The lowest BCUT2D eigenvalue weighted by atomic mass is 9.94. The van der Waals surface area contributed by atoms with Crippen molar-refractivity contribution in [3.05, 3.63) is 77.4 Å². The van der Waals surface area contributed by atoms with Crippen LogP contribution >= 0.6 is 0 Å². The second-order valence-corrected chi connectivity index (χ2v) is 7.48. The molecule has 2 aliphatic heterocycles. The summed E-state index contributed by atoms with van der Waals surface area (Å²) in [5, 5.41) is 6.22. The Morgan fingerprint density at radius 3 is 2.29 bits per heavy atom. The zero-order chi connectivity index (χ0) is 26.0. The maximum Gasteiger partial charge on any atom is 0.251 e. The molecule has 0 saturated carbocycles. The Morgan fingerprint density at radius 2 is 1.57 bits per heavy atom. The number of nitrogens with one attached hydrogen (secondary N) is 3. The molecular formula is C28H39N5O2. The number of carbonyl (C=O) groups excluding carboxylic acids is 2. The first-order valence-corrected chi connectivity index (χ1v) is 12.7. The Balaban J connectivity index is 0.000000671. The summed E-state index contributed by atoms with van der Waals surface area (Å²) >= 11 is 0. The minimum atomic E-state index is -0.647. The standard InChI is InChI=1S/C22H21N5O2.3C2H6/c1-13-22(29)27-9-8-18-19(24-12-23-18)20(27)14-4-2-6-16(10-14)26-17-7-3-5-15(11-17)21(28)25-13;3*1-2/h2-7,10-13,20,26H,8-9H2,1H3,(H,23,24)(H,25,28);3*1-2H3. The number of aromatic nitrogens is 2. The SMILES string of the molecule is CC.CC.CC.CC1NC(=O)c2cccc(c2)Nc2cccc(c2)C2c3nc[nH]c3CCN2C1=O. The summed E-state index contributed by atoms with van der Waals surface area (Å²) in [6.45, 7) is 14.3. The fraction of sp³-hybridized carbons (Fsp3) is 0.393. The summed E-state index contributed by atoms with van der Waals surface area (Å²) in [6.07, 6.45) is 2.38. The monoisotopic (exact) mass is 477 g/mol.